The van der Waals surface area contributed by atoms with Gasteiger partial charge in [-0.1, -0.05) is 0 Å². The maximum atomic E-state index is 10.6. The number of carbonyl (C=O) groups excluding carboxylic acids is 1. The highest BCUT2D eigenvalue weighted by Gasteiger charge is 2.06. The summed E-state index contributed by atoms with van der Waals surface area (Å²) in [6.45, 7) is 3.83. The first kappa shape index (κ1) is 17.1. The fourth-order valence-corrected chi connectivity index (χ4v) is 2.23. The Balaban J connectivity index is 0.000000177. The second-order valence-corrected chi connectivity index (χ2v) is 5.23. The number of aryl methyl sites for hydroxylation is 2. The van der Waals surface area contributed by atoms with E-state index in [0.29, 0.717) is 16.9 Å². The van der Waals surface area contributed by atoms with E-state index in [9.17, 15) is 4.79 Å². The molecule has 0 atom stereocenters. The third-order valence-electron chi connectivity index (χ3n) is 3.46. The van der Waals surface area contributed by atoms with Crippen molar-refractivity contribution in [1.82, 2.24) is 14.6 Å². The molecule has 7 nitrogen and oxygen atoms in total. The molecule has 4 N–H and O–H groups in total. The van der Waals surface area contributed by atoms with Crippen molar-refractivity contribution in [2.24, 2.45) is 0 Å². The monoisotopic (exact) mass is 324 g/mol. The van der Waals surface area contributed by atoms with Gasteiger partial charge >= 0.3 is 0 Å². The number of hydrogen-bond acceptors (Lipinski definition) is 6. The molecule has 7 heteroatoms. The number of nitrogens with one attached hydrogen (secondary N) is 2. The number of fused-ring (bicyclic) bond motifs is 1. The lowest BCUT2D eigenvalue weighted by molar-refractivity contribution is 0.112. The van der Waals surface area contributed by atoms with E-state index in [0.717, 1.165) is 28.9 Å². The van der Waals surface area contributed by atoms with Crippen LogP contribution in [0.4, 0.5) is 11.4 Å². The van der Waals surface area contributed by atoms with E-state index >= 15 is 0 Å². The lowest BCUT2D eigenvalue weighted by Crippen LogP contribution is -1.97. The number of benzene rings is 1. The lowest BCUT2D eigenvalue weighted by Gasteiger charge is -2.02. The molecule has 3 rings (SSSR count). The van der Waals surface area contributed by atoms with Crippen molar-refractivity contribution < 1.29 is 4.79 Å². The normalized spacial score (nSPS) is 9.96. The number of nitrogens with two attached hydrogens (primary N) is 1. The Bertz CT molecular complexity index is 884. The maximum absolute atomic E-state index is 10.6. The van der Waals surface area contributed by atoms with E-state index in [1.54, 1.807) is 10.6 Å². The number of rotatable bonds is 3. The average Bonchev–Trinajstić information content (AvgIpc) is 2.99. The van der Waals surface area contributed by atoms with Gasteiger partial charge in [0.15, 0.2) is 11.9 Å². The van der Waals surface area contributed by atoms with Gasteiger partial charge in [0.25, 0.3) is 0 Å². The van der Waals surface area contributed by atoms with Crippen molar-refractivity contribution in [1.29, 1.82) is 5.41 Å². The number of aldehydes is 1. The van der Waals surface area contributed by atoms with E-state index in [1.165, 1.54) is 12.4 Å². The van der Waals surface area contributed by atoms with Crippen molar-refractivity contribution in [2.45, 2.75) is 13.8 Å². The van der Waals surface area contributed by atoms with E-state index < -0.39 is 0 Å². The Hall–Kier alpha value is -3.22. The zero-order valence-corrected chi connectivity index (χ0v) is 13.9. The van der Waals surface area contributed by atoms with Gasteiger partial charge in [-0.05, 0) is 38.1 Å². The second kappa shape index (κ2) is 7.36. The number of nitrogens with zero attached hydrogens (tertiary/aromatic N) is 3. The fourth-order valence-electron chi connectivity index (χ4n) is 2.23. The summed E-state index contributed by atoms with van der Waals surface area (Å²) in [7, 11) is 1.83. The van der Waals surface area contributed by atoms with Gasteiger partial charge in [-0.25, -0.2) is 9.50 Å². The quantitative estimate of drug-likeness (QED) is 0.389. The smallest absolute Gasteiger partial charge is 0.166 e. The van der Waals surface area contributed by atoms with Crippen LogP contribution in [0.25, 0.3) is 5.65 Å². The topological polar surface area (TPSA) is 109 Å². The summed E-state index contributed by atoms with van der Waals surface area (Å²) in [4.78, 5) is 14.8. The van der Waals surface area contributed by atoms with Crippen LogP contribution >= 0.6 is 0 Å². The van der Waals surface area contributed by atoms with Gasteiger partial charge < -0.3 is 16.5 Å². The predicted octanol–water partition coefficient (Wildman–Crippen LogP) is 2.47. The van der Waals surface area contributed by atoms with Crippen LogP contribution in [0, 0.1) is 19.3 Å². The molecule has 0 aliphatic carbocycles. The van der Waals surface area contributed by atoms with Crippen LogP contribution in [-0.4, -0.2) is 34.1 Å². The zero-order valence-electron chi connectivity index (χ0n) is 13.9. The van der Waals surface area contributed by atoms with Crippen LogP contribution in [0.1, 0.15) is 27.3 Å². The summed E-state index contributed by atoms with van der Waals surface area (Å²) in [6, 6.07) is 7.42. The van der Waals surface area contributed by atoms with Crippen molar-refractivity contribution in [3.63, 3.8) is 0 Å². The molecular formula is C17H20N6O. The van der Waals surface area contributed by atoms with E-state index in [2.05, 4.69) is 15.4 Å². The Kier molecular flexibility index (Phi) is 5.26. The molecule has 0 spiro atoms. The molecule has 0 aliphatic rings. The van der Waals surface area contributed by atoms with Gasteiger partial charge in [0.05, 0.1) is 11.8 Å². The maximum Gasteiger partial charge on any atom is 0.166 e. The molecule has 124 valence electrons. The molecule has 0 aliphatic heterocycles. The van der Waals surface area contributed by atoms with Gasteiger partial charge in [0.2, 0.25) is 0 Å². The highest BCUT2D eigenvalue weighted by atomic mass is 16.1. The molecule has 0 fully saturated rings. The lowest BCUT2D eigenvalue weighted by atomic mass is 10.2. The summed E-state index contributed by atoms with van der Waals surface area (Å²) < 4.78 is 1.66. The van der Waals surface area contributed by atoms with Gasteiger partial charge in [0, 0.05) is 41.6 Å². The third kappa shape index (κ3) is 3.57. The van der Waals surface area contributed by atoms with E-state index in [1.807, 2.05) is 39.1 Å². The molecule has 2 aromatic heterocycles. The minimum Gasteiger partial charge on any atom is -0.398 e. The highest BCUT2D eigenvalue weighted by molar-refractivity contribution is 5.86. The number of carbonyl (C=O) groups is 1. The highest BCUT2D eigenvalue weighted by Crippen LogP contribution is 2.15. The number of nitrogen functional groups attached to an aromatic ring is 1. The van der Waals surface area contributed by atoms with Gasteiger partial charge in [-0.3, -0.25) is 4.79 Å². The first-order chi connectivity index (χ1) is 11.5. The Morgan fingerprint density at radius 1 is 1.25 bits per heavy atom. The predicted molar refractivity (Wildman–Crippen MR) is 96.1 cm³/mol. The molecule has 0 saturated carbocycles. The average molecular weight is 324 g/mol. The standard InChI is InChI=1S/C9H9N3O.C8H11N3/c1-6-3-7(2)12-9(11-6)8(5-13)4-10-12;1-11-7-2-3-8(10)6(4-7)5-9/h3-5H,1-2H3;2-5,9,11H,10H2,1H3. The minimum absolute atomic E-state index is 0.534. The van der Waals surface area contributed by atoms with Crippen molar-refractivity contribution in [3.05, 3.63) is 53.0 Å². The second-order valence-electron chi connectivity index (χ2n) is 5.23. The third-order valence-corrected chi connectivity index (χ3v) is 3.46. The van der Waals surface area contributed by atoms with E-state index in [-0.39, 0.29) is 0 Å². The van der Waals surface area contributed by atoms with Gasteiger partial charge in [0.1, 0.15) is 0 Å². The molecule has 0 bridgehead atoms. The van der Waals surface area contributed by atoms with Crippen LogP contribution in [0.3, 0.4) is 0 Å². The molecule has 2 heterocycles. The summed E-state index contributed by atoms with van der Waals surface area (Å²) in [6.07, 6.45) is 3.55. The molecule has 0 amide bonds. The number of hydrogen-bond donors (Lipinski definition) is 3. The van der Waals surface area contributed by atoms with Crippen LogP contribution in [0.15, 0.2) is 30.5 Å². The summed E-state index contributed by atoms with van der Waals surface area (Å²) in [5.74, 6) is 0. The minimum atomic E-state index is 0.534. The zero-order chi connectivity index (χ0) is 17.7. The molecule has 1 aromatic carbocycles. The molecular weight excluding hydrogens is 304 g/mol. The van der Waals surface area contributed by atoms with Crippen molar-refractivity contribution in [3.8, 4) is 0 Å². The first-order valence-corrected chi connectivity index (χ1v) is 7.35. The molecule has 0 unspecified atom stereocenters. The Labute approximate surface area is 140 Å². The van der Waals surface area contributed by atoms with Gasteiger partial charge in [-0.15, -0.1) is 0 Å². The van der Waals surface area contributed by atoms with Crippen molar-refractivity contribution >= 4 is 29.5 Å². The molecule has 0 saturated heterocycles. The summed E-state index contributed by atoms with van der Waals surface area (Å²) in [5.41, 5.74) is 11.0. The SMILES string of the molecule is CNc1ccc(N)c(C=N)c1.Cc1cc(C)n2ncc(C=O)c2n1. The van der Waals surface area contributed by atoms with Gasteiger partial charge in [-0.2, -0.15) is 5.10 Å². The Morgan fingerprint density at radius 3 is 2.62 bits per heavy atom. The number of anilines is 2. The molecule has 3 aromatic rings. The summed E-state index contributed by atoms with van der Waals surface area (Å²) in [5, 5.41) is 14.0. The largest absolute Gasteiger partial charge is 0.398 e. The van der Waals surface area contributed by atoms with Crippen LogP contribution in [0.2, 0.25) is 0 Å². The summed E-state index contributed by atoms with van der Waals surface area (Å²) >= 11 is 0. The van der Waals surface area contributed by atoms with Crippen LogP contribution in [0.5, 0.6) is 0 Å². The van der Waals surface area contributed by atoms with Crippen LogP contribution < -0.4 is 11.1 Å². The Morgan fingerprint density at radius 2 is 2.00 bits per heavy atom. The van der Waals surface area contributed by atoms with E-state index in [4.69, 9.17) is 11.1 Å². The van der Waals surface area contributed by atoms with Crippen LogP contribution in [-0.2, 0) is 0 Å². The first-order valence-electron chi connectivity index (χ1n) is 7.35. The number of aromatic nitrogens is 3. The molecule has 0 radical (unpaired) electrons. The molecule has 24 heavy (non-hydrogen) atoms. The van der Waals surface area contributed by atoms with Crippen molar-refractivity contribution in [2.75, 3.05) is 18.1 Å². The fraction of sp³-hybridized carbons (Fsp3) is 0.176.